The first-order valence-corrected chi connectivity index (χ1v) is 10.6. The zero-order chi connectivity index (χ0) is 18.4. The van der Waals surface area contributed by atoms with Gasteiger partial charge in [0.2, 0.25) is 0 Å². The van der Waals surface area contributed by atoms with E-state index in [0.29, 0.717) is 6.04 Å². The highest BCUT2D eigenvalue weighted by Crippen LogP contribution is 2.39. The summed E-state index contributed by atoms with van der Waals surface area (Å²) in [5, 5.41) is 5.01. The van der Waals surface area contributed by atoms with Crippen molar-refractivity contribution in [1.82, 2.24) is 19.9 Å². The van der Waals surface area contributed by atoms with Crippen LogP contribution in [-0.4, -0.2) is 39.1 Å². The number of hydrogen-bond donors (Lipinski definition) is 1. The summed E-state index contributed by atoms with van der Waals surface area (Å²) in [6.45, 7) is 6.00. The van der Waals surface area contributed by atoms with E-state index in [9.17, 15) is 0 Å². The number of aryl methyl sites for hydroxylation is 4. The largest absolute Gasteiger partial charge is 0.367 e. The van der Waals surface area contributed by atoms with Crippen LogP contribution < -0.4 is 10.2 Å². The van der Waals surface area contributed by atoms with Crippen molar-refractivity contribution >= 4 is 33.2 Å². The molecule has 7 heteroatoms. The molecule has 0 saturated carbocycles. The van der Waals surface area contributed by atoms with Crippen molar-refractivity contribution in [3.63, 3.8) is 0 Å². The highest BCUT2D eigenvalue weighted by molar-refractivity contribution is 7.19. The number of anilines is 2. The fourth-order valence-electron chi connectivity index (χ4n) is 4.34. The van der Waals surface area contributed by atoms with Gasteiger partial charge in [-0.05, 0) is 51.5 Å². The second-order valence-electron chi connectivity index (χ2n) is 7.58. The predicted octanol–water partition coefficient (Wildman–Crippen LogP) is 3.67. The van der Waals surface area contributed by atoms with Gasteiger partial charge in [-0.15, -0.1) is 11.3 Å². The molecule has 0 unspecified atom stereocenters. The molecule has 2 aliphatic rings. The normalized spacial score (nSPS) is 17.5. The van der Waals surface area contributed by atoms with Crippen molar-refractivity contribution in [1.29, 1.82) is 0 Å². The number of hydrogen-bond acceptors (Lipinski definition) is 7. The monoisotopic (exact) mass is 380 g/mol. The van der Waals surface area contributed by atoms with E-state index in [4.69, 9.17) is 0 Å². The Balaban J connectivity index is 1.32. The van der Waals surface area contributed by atoms with Crippen LogP contribution in [-0.2, 0) is 12.8 Å². The van der Waals surface area contributed by atoms with Gasteiger partial charge in [-0.1, -0.05) is 0 Å². The van der Waals surface area contributed by atoms with Crippen molar-refractivity contribution in [2.75, 3.05) is 23.3 Å². The zero-order valence-corrected chi connectivity index (χ0v) is 16.6. The fraction of sp³-hybridized carbons (Fsp3) is 0.500. The van der Waals surface area contributed by atoms with Crippen LogP contribution in [0.15, 0.2) is 12.4 Å². The second kappa shape index (κ2) is 6.71. The van der Waals surface area contributed by atoms with Crippen LogP contribution in [0, 0.1) is 13.8 Å². The number of thiophene rings is 1. The van der Waals surface area contributed by atoms with E-state index in [1.165, 1.54) is 35.1 Å². The highest BCUT2D eigenvalue weighted by Gasteiger charge is 2.24. The highest BCUT2D eigenvalue weighted by atomic mass is 32.1. The van der Waals surface area contributed by atoms with Gasteiger partial charge in [0.05, 0.1) is 5.39 Å². The summed E-state index contributed by atoms with van der Waals surface area (Å²) < 4.78 is 0. The van der Waals surface area contributed by atoms with Crippen LogP contribution in [0.1, 0.15) is 41.2 Å². The Bertz CT molecular complexity index is 969. The van der Waals surface area contributed by atoms with Crippen LogP contribution in [0.25, 0.3) is 10.2 Å². The lowest BCUT2D eigenvalue weighted by molar-refractivity contribution is 0.522. The molecule has 0 bridgehead atoms. The van der Waals surface area contributed by atoms with E-state index in [0.717, 1.165) is 53.9 Å². The Morgan fingerprint density at radius 1 is 1.11 bits per heavy atom. The molecule has 1 saturated heterocycles. The number of rotatable bonds is 3. The van der Waals surface area contributed by atoms with Crippen LogP contribution in [0.5, 0.6) is 0 Å². The average Bonchev–Trinajstić information content (AvgIpc) is 3.23. The average molecular weight is 381 g/mol. The van der Waals surface area contributed by atoms with Crippen LogP contribution in [0.4, 0.5) is 11.6 Å². The molecule has 0 radical (unpaired) electrons. The molecule has 140 valence electrons. The maximum Gasteiger partial charge on any atom is 0.138 e. The third-order valence-corrected chi connectivity index (χ3v) is 6.81. The molecule has 1 aliphatic carbocycles. The van der Waals surface area contributed by atoms with Gasteiger partial charge in [0.1, 0.15) is 28.6 Å². The third-order valence-electron chi connectivity index (χ3n) is 5.61. The Kier molecular flexibility index (Phi) is 4.19. The number of aromatic nitrogens is 4. The van der Waals surface area contributed by atoms with Crippen LogP contribution in [0.2, 0.25) is 0 Å². The second-order valence-corrected chi connectivity index (χ2v) is 8.66. The number of nitrogens with zero attached hydrogens (tertiary/aromatic N) is 5. The Labute approximate surface area is 163 Å². The molecule has 4 heterocycles. The first-order chi connectivity index (χ1) is 13.2. The molecule has 27 heavy (non-hydrogen) atoms. The van der Waals surface area contributed by atoms with Crippen LogP contribution >= 0.6 is 11.3 Å². The summed E-state index contributed by atoms with van der Waals surface area (Å²) in [7, 11) is 0. The number of nitrogens with one attached hydrogen (secondary N) is 1. The minimum Gasteiger partial charge on any atom is -0.367 e. The van der Waals surface area contributed by atoms with Gasteiger partial charge in [0.25, 0.3) is 0 Å². The Morgan fingerprint density at radius 2 is 1.96 bits per heavy atom. The maximum absolute atomic E-state index is 4.62. The van der Waals surface area contributed by atoms with E-state index >= 15 is 0 Å². The molecule has 1 fully saturated rings. The van der Waals surface area contributed by atoms with Gasteiger partial charge in [-0.25, -0.2) is 19.9 Å². The lowest BCUT2D eigenvalue weighted by atomic mass is 10.0. The number of fused-ring (bicyclic) bond motifs is 3. The Morgan fingerprint density at radius 3 is 2.78 bits per heavy atom. The molecule has 6 nitrogen and oxygen atoms in total. The molecule has 1 N–H and O–H groups in total. The van der Waals surface area contributed by atoms with Gasteiger partial charge >= 0.3 is 0 Å². The van der Waals surface area contributed by atoms with Gasteiger partial charge in [0, 0.05) is 35.8 Å². The minimum atomic E-state index is 0.445. The predicted molar refractivity (Wildman–Crippen MR) is 110 cm³/mol. The van der Waals surface area contributed by atoms with E-state index < -0.39 is 0 Å². The first-order valence-electron chi connectivity index (χ1n) is 9.76. The molecular formula is C20H24N6S. The summed E-state index contributed by atoms with van der Waals surface area (Å²) in [4.78, 5) is 23.1. The Hall–Kier alpha value is -2.28. The maximum atomic E-state index is 4.62. The van der Waals surface area contributed by atoms with Crippen LogP contribution in [0.3, 0.4) is 0 Å². The van der Waals surface area contributed by atoms with Crippen molar-refractivity contribution in [3.8, 4) is 0 Å². The molecule has 1 aliphatic heterocycles. The zero-order valence-electron chi connectivity index (χ0n) is 15.8. The molecule has 3 aromatic heterocycles. The van der Waals surface area contributed by atoms with Gasteiger partial charge in [-0.2, -0.15) is 0 Å². The van der Waals surface area contributed by atoms with E-state index in [2.05, 4.69) is 36.2 Å². The van der Waals surface area contributed by atoms with Gasteiger partial charge in [-0.3, -0.25) is 0 Å². The summed E-state index contributed by atoms with van der Waals surface area (Å²) in [6, 6.07) is 2.53. The smallest absolute Gasteiger partial charge is 0.138 e. The summed E-state index contributed by atoms with van der Waals surface area (Å²) in [5.74, 6) is 2.94. The van der Waals surface area contributed by atoms with Gasteiger partial charge in [0.15, 0.2) is 0 Å². The molecule has 5 rings (SSSR count). The van der Waals surface area contributed by atoms with E-state index in [1.54, 1.807) is 6.33 Å². The topological polar surface area (TPSA) is 66.8 Å². The lowest BCUT2D eigenvalue weighted by Gasteiger charge is -2.33. The quantitative estimate of drug-likeness (QED) is 0.748. The summed E-state index contributed by atoms with van der Waals surface area (Å²) >= 11 is 1.85. The van der Waals surface area contributed by atoms with Gasteiger partial charge < -0.3 is 10.2 Å². The lowest BCUT2D eigenvalue weighted by Crippen LogP contribution is -2.39. The van der Waals surface area contributed by atoms with Crippen molar-refractivity contribution < 1.29 is 0 Å². The molecule has 3 aromatic rings. The standard InChI is InChI=1S/C20H24N6S/c1-12-10-17(24-13(2)23-12)26-8-6-14(7-9-26)25-19-18-15-4-3-5-16(15)27-20(18)22-11-21-19/h10-11,14H,3-9H2,1-2H3,(H,21,22,25). The molecule has 0 atom stereocenters. The minimum absolute atomic E-state index is 0.445. The molecule has 0 aromatic carbocycles. The number of piperidine rings is 1. The summed E-state index contributed by atoms with van der Waals surface area (Å²) in [6.07, 6.45) is 7.51. The third kappa shape index (κ3) is 3.14. The first kappa shape index (κ1) is 16.9. The molecular weight excluding hydrogens is 356 g/mol. The van der Waals surface area contributed by atoms with E-state index in [1.807, 2.05) is 25.2 Å². The van der Waals surface area contributed by atoms with Crippen molar-refractivity contribution in [2.24, 2.45) is 0 Å². The molecule has 0 amide bonds. The fourth-order valence-corrected chi connectivity index (χ4v) is 5.57. The molecule has 0 spiro atoms. The summed E-state index contributed by atoms with van der Waals surface area (Å²) in [5.41, 5.74) is 2.52. The van der Waals surface area contributed by atoms with E-state index in [-0.39, 0.29) is 0 Å². The van der Waals surface area contributed by atoms with Crippen molar-refractivity contribution in [3.05, 3.63) is 34.4 Å². The SMILES string of the molecule is Cc1cc(N2CCC(Nc3ncnc4sc5c(c34)CCC5)CC2)nc(C)n1. The van der Waals surface area contributed by atoms with Crippen molar-refractivity contribution in [2.45, 2.75) is 52.0 Å².